The minimum Gasteiger partial charge on any atom is -0.481 e. The Bertz CT molecular complexity index is 1660. The van der Waals surface area contributed by atoms with Gasteiger partial charge >= 0.3 is 12.1 Å². The van der Waals surface area contributed by atoms with Gasteiger partial charge in [-0.25, -0.2) is 9.78 Å². The van der Waals surface area contributed by atoms with E-state index >= 15 is 0 Å². The molecule has 1 aromatic carbocycles. The number of carbonyl (C=O) groups is 6. The van der Waals surface area contributed by atoms with Gasteiger partial charge in [0.05, 0.1) is 39.3 Å². The molecule has 2 aromatic rings. The van der Waals surface area contributed by atoms with Gasteiger partial charge in [0.2, 0.25) is 23.6 Å². The lowest BCUT2D eigenvalue weighted by Crippen LogP contribution is -2.58. The third kappa shape index (κ3) is 13.3. The van der Waals surface area contributed by atoms with Crippen LogP contribution in [0.3, 0.4) is 0 Å². The highest BCUT2D eigenvalue weighted by Crippen LogP contribution is 2.37. The van der Waals surface area contributed by atoms with Crippen molar-refractivity contribution in [1.29, 1.82) is 0 Å². The lowest BCUT2D eigenvalue weighted by atomic mass is 9.83. The normalized spacial score (nSPS) is 17.1. The highest BCUT2D eigenvalue weighted by atomic mass is 32.1. The van der Waals surface area contributed by atoms with E-state index in [-0.39, 0.29) is 62.1 Å². The summed E-state index contributed by atoms with van der Waals surface area (Å²) in [6, 6.07) is 6.62. The Hall–Kier alpha value is -4.61. The van der Waals surface area contributed by atoms with Crippen LogP contribution in [0.2, 0.25) is 0 Å². The van der Waals surface area contributed by atoms with E-state index in [2.05, 4.69) is 20.9 Å². The number of ether oxygens (including phenoxy) is 3. The second-order valence-corrected chi connectivity index (χ2v) is 16.1. The standard InChI is InChI=1S/C39H56N6O10S/c1-25(44(5)38(52)55-39(2,3)4)33(49)41-32(27-15-10-7-11-16-27)36(51)45-20-12-17-28(45)34(50)43-35-31(26-13-8-6-9-14-26)42-37(56-35)40-29(46)18-21-53-23-24-54-22-19-30(47)48/h6,8-9,13-14,25,27-28,32H,7,10-12,15-24H2,1-5H3,(H,41,49)(H,43,50)(H,47,48)(H,40,42,46)/t25-,28-,32-/m0/s1. The average molecular weight is 801 g/mol. The number of carboxylic acid groups (broad SMARTS) is 1. The van der Waals surface area contributed by atoms with Gasteiger partial charge < -0.3 is 40.2 Å². The molecule has 5 amide bonds. The number of aromatic nitrogens is 1. The van der Waals surface area contributed by atoms with Gasteiger partial charge in [-0.05, 0) is 59.3 Å². The van der Waals surface area contributed by atoms with E-state index in [0.717, 1.165) is 49.0 Å². The van der Waals surface area contributed by atoms with Gasteiger partial charge in [-0.15, -0.1) is 0 Å². The van der Waals surface area contributed by atoms with Crippen molar-refractivity contribution in [1.82, 2.24) is 20.1 Å². The first-order chi connectivity index (χ1) is 26.6. The number of hydrogen-bond acceptors (Lipinski definition) is 11. The lowest BCUT2D eigenvalue weighted by Gasteiger charge is -2.36. The molecule has 17 heteroatoms. The molecule has 2 fully saturated rings. The fraction of sp³-hybridized carbons (Fsp3) is 0.615. The molecule has 1 aliphatic heterocycles. The Kier molecular flexibility index (Phi) is 16.6. The minimum atomic E-state index is -0.947. The molecule has 0 bridgehead atoms. The summed E-state index contributed by atoms with van der Waals surface area (Å²) in [5.74, 6) is -2.63. The molecule has 0 radical (unpaired) electrons. The van der Waals surface area contributed by atoms with E-state index in [1.54, 1.807) is 32.6 Å². The Morgan fingerprint density at radius 3 is 2.23 bits per heavy atom. The molecule has 16 nitrogen and oxygen atoms in total. The number of rotatable bonds is 18. The second kappa shape index (κ2) is 21.1. The third-order valence-electron chi connectivity index (χ3n) is 9.63. The molecule has 4 N–H and O–H groups in total. The number of thiazole rings is 1. The summed E-state index contributed by atoms with van der Waals surface area (Å²) in [4.78, 5) is 85.5. The summed E-state index contributed by atoms with van der Waals surface area (Å²) < 4.78 is 16.1. The predicted octanol–water partition coefficient (Wildman–Crippen LogP) is 4.90. The number of benzene rings is 1. The van der Waals surface area contributed by atoms with Crippen LogP contribution in [0.25, 0.3) is 11.3 Å². The topological polar surface area (TPSA) is 206 Å². The van der Waals surface area contributed by atoms with Crippen molar-refractivity contribution in [2.45, 2.75) is 109 Å². The first kappa shape index (κ1) is 44.1. The Balaban J connectivity index is 1.44. The van der Waals surface area contributed by atoms with Gasteiger partial charge in [-0.2, -0.15) is 0 Å². The predicted molar refractivity (Wildman–Crippen MR) is 210 cm³/mol. The van der Waals surface area contributed by atoms with Gasteiger partial charge in [-0.1, -0.05) is 60.9 Å². The summed E-state index contributed by atoms with van der Waals surface area (Å²) in [5, 5.41) is 18.1. The minimum absolute atomic E-state index is 0.0327. The van der Waals surface area contributed by atoms with Crippen molar-refractivity contribution in [2.24, 2.45) is 5.92 Å². The summed E-state index contributed by atoms with van der Waals surface area (Å²) in [6.45, 7) is 7.76. The van der Waals surface area contributed by atoms with Crippen molar-refractivity contribution in [3.05, 3.63) is 30.3 Å². The summed E-state index contributed by atoms with van der Waals surface area (Å²) in [7, 11) is 1.48. The highest BCUT2D eigenvalue weighted by molar-refractivity contribution is 7.20. The van der Waals surface area contributed by atoms with E-state index in [0.29, 0.717) is 30.1 Å². The maximum absolute atomic E-state index is 14.4. The highest BCUT2D eigenvalue weighted by Gasteiger charge is 2.42. The van der Waals surface area contributed by atoms with Crippen molar-refractivity contribution < 1.29 is 48.1 Å². The Morgan fingerprint density at radius 1 is 0.929 bits per heavy atom. The Morgan fingerprint density at radius 2 is 1.59 bits per heavy atom. The van der Waals surface area contributed by atoms with Gasteiger partial charge in [0.15, 0.2) is 5.13 Å². The van der Waals surface area contributed by atoms with Crippen LogP contribution in [0, 0.1) is 5.92 Å². The number of carbonyl (C=O) groups excluding carboxylic acids is 5. The molecule has 4 rings (SSSR count). The van der Waals surface area contributed by atoms with Crippen LogP contribution in [0.1, 0.15) is 85.5 Å². The average Bonchev–Trinajstić information content (AvgIpc) is 3.81. The number of nitrogens with one attached hydrogen (secondary N) is 3. The quantitative estimate of drug-likeness (QED) is 0.149. The van der Waals surface area contributed by atoms with E-state index in [1.165, 1.54) is 11.9 Å². The molecule has 2 heterocycles. The molecule has 56 heavy (non-hydrogen) atoms. The van der Waals surface area contributed by atoms with Crippen LogP contribution >= 0.6 is 11.3 Å². The molecule has 0 unspecified atom stereocenters. The van der Waals surface area contributed by atoms with Gasteiger partial charge in [0.1, 0.15) is 34.4 Å². The molecule has 3 atom stereocenters. The molecule has 1 aliphatic carbocycles. The van der Waals surface area contributed by atoms with Crippen molar-refractivity contribution >= 4 is 57.2 Å². The smallest absolute Gasteiger partial charge is 0.410 e. The summed E-state index contributed by atoms with van der Waals surface area (Å²) >= 11 is 1.10. The van der Waals surface area contributed by atoms with E-state index in [9.17, 15) is 28.8 Å². The number of anilines is 2. The number of carboxylic acids is 1. The number of amides is 5. The third-order valence-corrected chi connectivity index (χ3v) is 10.5. The number of likely N-dealkylation sites (N-methyl/N-ethyl adjacent to an activating group) is 1. The van der Waals surface area contributed by atoms with Crippen LogP contribution < -0.4 is 16.0 Å². The molecule has 2 aliphatic rings. The molecule has 0 spiro atoms. The zero-order valence-corrected chi connectivity index (χ0v) is 33.8. The number of hydrogen-bond donors (Lipinski definition) is 4. The molecular formula is C39H56N6O10S. The lowest BCUT2D eigenvalue weighted by molar-refractivity contribution is -0.142. The maximum Gasteiger partial charge on any atom is 0.410 e. The number of aliphatic carboxylic acids is 1. The van der Waals surface area contributed by atoms with Crippen LogP contribution in [0.15, 0.2) is 30.3 Å². The monoisotopic (exact) mass is 800 g/mol. The molecular weight excluding hydrogens is 745 g/mol. The van der Waals surface area contributed by atoms with E-state index < -0.39 is 47.6 Å². The molecule has 1 saturated heterocycles. The van der Waals surface area contributed by atoms with E-state index in [4.69, 9.17) is 19.3 Å². The van der Waals surface area contributed by atoms with Gasteiger partial charge in [0.25, 0.3) is 0 Å². The largest absolute Gasteiger partial charge is 0.481 e. The fourth-order valence-corrected chi connectivity index (χ4v) is 7.45. The first-order valence-corrected chi connectivity index (χ1v) is 20.1. The van der Waals surface area contributed by atoms with Crippen LogP contribution in [-0.2, 0) is 38.2 Å². The fourth-order valence-electron chi connectivity index (χ4n) is 6.55. The summed E-state index contributed by atoms with van der Waals surface area (Å²) in [6.07, 6.45) is 4.70. The van der Waals surface area contributed by atoms with Gasteiger partial charge in [0, 0.05) is 19.2 Å². The summed E-state index contributed by atoms with van der Waals surface area (Å²) in [5.41, 5.74) is 0.431. The van der Waals surface area contributed by atoms with Crippen molar-refractivity contribution in [2.75, 3.05) is 50.7 Å². The number of nitrogens with zero attached hydrogens (tertiary/aromatic N) is 3. The molecule has 1 aromatic heterocycles. The van der Waals surface area contributed by atoms with Gasteiger partial charge in [-0.3, -0.25) is 28.9 Å². The first-order valence-electron chi connectivity index (χ1n) is 19.3. The maximum atomic E-state index is 14.4. The van der Waals surface area contributed by atoms with E-state index in [1.807, 2.05) is 30.3 Å². The van der Waals surface area contributed by atoms with Crippen molar-refractivity contribution in [3.63, 3.8) is 0 Å². The van der Waals surface area contributed by atoms with Crippen LogP contribution in [-0.4, -0.2) is 119 Å². The van der Waals surface area contributed by atoms with Crippen LogP contribution in [0.4, 0.5) is 14.9 Å². The number of likely N-dealkylation sites (tertiary alicyclic amines) is 1. The second-order valence-electron chi connectivity index (χ2n) is 15.1. The zero-order valence-electron chi connectivity index (χ0n) is 33.0. The molecule has 308 valence electrons. The zero-order chi connectivity index (χ0) is 40.8. The molecule has 1 saturated carbocycles. The van der Waals surface area contributed by atoms with Crippen molar-refractivity contribution in [3.8, 4) is 11.3 Å². The Labute approximate surface area is 332 Å². The SMILES string of the molecule is C[C@@H](C(=O)N[C@H](C(=O)N1CCC[C@H]1C(=O)Nc1sc(NC(=O)CCOCCOCCC(=O)O)nc1-c1ccccc1)C1CCCCC1)N(C)C(=O)OC(C)(C)C. The van der Waals surface area contributed by atoms with Crippen LogP contribution in [0.5, 0.6) is 0 Å².